The molecule has 1 aliphatic carbocycles. The molecule has 7 heteroatoms. The summed E-state index contributed by atoms with van der Waals surface area (Å²) in [5.74, 6) is 0. The van der Waals surface area contributed by atoms with Crippen LogP contribution in [0.15, 0.2) is 16.3 Å². The summed E-state index contributed by atoms with van der Waals surface area (Å²) in [6.07, 6.45) is 3.47. The lowest BCUT2D eigenvalue weighted by Crippen LogP contribution is -2.37. The first-order chi connectivity index (χ1) is 10.1. The van der Waals surface area contributed by atoms with Crippen LogP contribution in [0.5, 0.6) is 0 Å². The second kappa shape index (κ2) is 6.34. The molecule has 1 atom stereocenters. The van der Waals surface area contributed by atoms with E-state index in [4.69, 9.17) is 0 Å². The highest BCUT2D eigenvalue weighted by Gasteiger charge is 2.36. The zero-order valence-corrected chi connectivity index (χ0v) is 14.0. The predicted molar refractivity (Wildman–Crippen MR) is 85.0 cm³/mol. The van der Waals surface area contributed by atoms with Gasteiger partial charge in [0.15, 0.2) is 0 Å². The molecule has 2 fully saturated rings. The van der Waals surface area contributed by atoms with Crippen LogP contribution in [-0.4, -0.2) is 45.0 Å². The Morgan fingerprint density at radius 2 is 2.19 bits per heavy atom. The van der Waals surface area contributed by atoms with E-state index in [2.05, 4.69) is 14.9 Å². The van der Waals surface area contributed by atoms with E-state index in [1.54, 1.807) is 6.07 Å². The first-order valence-corrected chi connectivity index (χ1v) is 10.00. The van der Waals surface area contributed by atoms with Gasteiger partial charge in [0.1, 0.15) is 0 Å². The molecule has 21 heavy (non-hydrogen) atoms. The van der Waals surface area contributed by atoms with Gasteiger partial charge in [-0.3, -0.25) is 4.90 Å². The maximum Gasteiger partial charge on any atom is 0.242 e. The summed E-state index contributed by atoms with van der Waals surface area (Å²) in [5.41, 5.74) is 0. The SMILES string of the molecule is CCNCc1sccc1S(=O)(=O)NC1CCN(C2CC2)C1. The third-order valence-corrected chi connectivity index (χ3v) is 6.79. The van der Waals surface area contributed by atoms with Crippen LogP contribution < -0.4 is 10.0 Å². The Kier molecular flexibility index (Phi) is 4.66. The normalized spacial score (nSPS) is 23.8. The summed E-state index contributed by atoms with van der Waals surface area (Å²) in [6, 6.07) is 2.49. The fourth-order valence-corrected chi connectivity index (χ4v) is 5.55. The molecule has 5 nitrogen and oxygen atoms in total. The monoisotopic (exact) mass is 329 g/mol. The van der Waals surface area contributed by atoms with E-state index >= 15 is 0 Å². The minimum absolute atomic E-state index is 0.0579. The first kappa shape index (κ1) is 15.4. The summed E-state index contributed by atoms with van der Waals surface area (Å²) >= 11 is 1.50. The van der Waals surface area contributed by atoms with E-state index in [1.165, 1.54) is 24.2 Å². The molecule has 0 aromatic carbocycles. The second-order valence-electron chi connectivity index (χ2n) is 5.82. The smallest absolute Gasteiger partial charge is 0.242 e. The highest BCUT2D eigenvalue weighted by atomic mass is 32.2. The topological polar surface area (TPSA) is 61.4 Å². The number of sulfonamides is 1. The van der Waals surface area contributed by atoms with Crippen LogP contribution in [-0.2, 0) is 16.6 Å². The third kappa shape index (κ3) is 3.65. The molecule has 1 aromatic rings. The highest BCUT2D eigenvalue weighted by molar-refractivity contribution is 7.89. The van der Waals surface area contributed by atoms with Crippen molar-refractivity contribution in [1.82, 2.24) is 14.9 Å². The van der Waals surface area contributed by atoms with E-state index in [9.17, 15) is 8.42 Å². The standard InChI is InChI=1S/C14H23N3O2S2/c1-2-15-9-13-14(6-8-20-13)21(18,19)16-11-5-7-17(10-11)12-3-4-12/h6,8,11-12,15-16H,2-5,7,9-10H2,1H3. The molecule has 1 aliphatic heterocycles. The van der Waals surface area contributed by atoms with Gasteiger partial charge in [0.05, 0.1) is 4.90 Å². The molecule has 2 aliphatic rings. The molecule has 0 bridgehead atoms. The van der Waals surface area contributed by atoms with Crippen molar-refractivity contribution in [1.29, 1.82) is 0 Å². The van der Waals surface area contributed by atoms with E-state index in [-0.39, 0.29) is 6.04 Å². The minimum atomic E-state index is -3.40. The van der Waals surface area contributed by atoms with E-state index in [0.717, 1.165) is 30.9 Å². The lowest BCUT2D eigenvalue weighted by atomic mass is 10.3. The van der Waals surface area contributed by atoms with Crippen molar-refractivity contribution in [2.24, 2.45) is 0 Å². The molecule has 1 unspecified atom stereocenters. The Balaban J connectivity index is 1.65. The maximum absolute atomic E-state index is 12.6. The van der Waals surface area contributed by atoms with Crippen LogP contribution in [0.2, 0.25) is 0 Å². The van der Waals surface area contributed by atoms with Crippen LogP contribution in [0.3, 0.4) is 0 Å². The van der Waals surface area contributed by atoms with Gasteiger partial charge in [-0.15, -0.1) is 11.3 Å². The molecule has 0 radical (unpaired) electrons. The van der Waals surface area contributed by atoms with Crippen molar-refractivity contribution < 1.29 is 8.42 Å². The van der Waals surface area contributed by atoms with Gasteiger partial charge in [-0.1, -0.05) is 6.92 Å². The van der Waals surface area contributed by atoms with Crippen molar-refractivity contribution >= 4 is 21.4 Å². The van der Waals surface area contributed by atoms with Gasteiger partial charge in [-0.2, -0.15) is 0 Å². The molecule has 0 amide bonds. The fourth-order valence-electron chi connectivity index (χ4n) is 2.87. The quantitative estimate of drug-likeness (QED) is 0.793. The van der Waals surface area contributed by atoms with Crippen LogP contribution in [0, 0.1) is 0 Å². The molecule has 3 rings (SSSR count). The first-order valence-electron chi connectivity index (χ1n) is 7.63. The summed E-state index contributed by atoms with van der Waals surface area (Å²) in [5, 5.41) is 5.05. The number of likely N-dealkylation sites (tertiary alicyclic amines) is 1. The number of hydrogen-bond donors (Lipinski definition) is 2. The van der Waals surface area contributed by atoms with Gasteiger partial charge in [-0.25, -0.2) is 13.1 Å². The molecule has 118 valence electrons. The van der Waals surface area contributed by atoms with E-state index in [0.29, 0.717) is 17.5 Å². The fraction of sp³-hybridized carbons (Fsp3) is 0.714. The van der Waals surface area contributed by atoms with Crippen LogP contribution in [0.4, 0.5) is 0 Å². The summed E-state index contributed by atoms with van der Waals surface area (Å²) < 4.78 is 28.0. The second-order valence-corrected chi connectivity index (χ2v) is 8.50. The molecule has 2 heterocycles. The molecule has 0 spiro atoms. The average molecular weight is 329 g/mol. The maximum atomic E-state index is 12.6. The highest BCUT2D eigenvalue weighted by Crippen LogP contribution is 2.30. The van der Waals surface area contributed by atoms with Gasteiger partial charge >= 0.3 is 0 Å². The van der Waals surface area contributed by atoms with Crippen LogP contribution in [0.25, 0.3) is 0 Å². The Morgan fingerprint density at radius 1 is 1.38 bits per heavy atom. The zero-order valence-electron chi connectivity index (χ0n) is 12.3. The molecule has 1 saturated heterocycles. The lowest BCUT2D eigenvalue weighted by molar-refractivity contribution is 0.322. The number of rotatable bonds is 7. The zero-order chi connectivity index (χ0) is 14.9. The lowest BCUT2D eigenvalue weighted by Gasteiger charge is -2.16. The molecule has 1 aromatic heterocycles. The number of nitrogens with zero attached hydrogens (tertiary/aromatic N) is 1. The largest absolute Gasteiger partial charge is 0.312 e. The van der Waals surface area contributed by atoms with Crippen LogP contribution in [0.1, 0.15) is 31.1 Å². The van der Waals surface area contributed by atoms with Gasteiger partial charge in [0, 0.05) is 36.6 Å². The molecule has 2 N–H and O–H groups in total. The van der Waals surface area contributed by atoms with Crippen molar-refractivity contribution in [2.45, 2.75) is 49.7 Å². The molecule has 1 saturated carbocycles. The third-order valence-electron chi connectivity index (χ3n) is 4.13. The average Bonchev–Trinajstić information content (AvgIpc) is 3.00. The van der Waals surface area contributed by atoms with Gasteiger partial charge < -0.3 is 5.32 Å². The Bertz CT molecular complexity index is 581. The summed E-state index contributed by atoms with van der Waals surface area (Å²) in [6.45, 7) is 5.35. The van der Waals surface area contributed by atoms with E-state index in [1.807, 2.05) is 12.3 Å². The molecular formula is C14H23N3O2S2. The van der Waals surface area contributed by atoms with Crippen molar-refractivity contribution in [2.75, 3.05) is 19.6 Å². The van der Waals surface area contributed by atoms with Crippen molar-refractivity contribution in [3.63, 3.8) is 0 Å². The van der Waals surface area contributed by atoms with Crippen molar-refractivity contribution in [3.8, 4) is 0 Å². The molecular weight excluding hydrogens is 306 g/mol. The Labute approximate surface area is 130 Å². The van der Waals surface area contributed by atoms with Gasteiger partial charge in [-0.05, 0) is 37.3 Å². The Hall–Kier alpha value is -0.470. The summed E-state index contributed by atoms with van der Waals surface area (Å²) in [4.78, 5) is 3.75. The number of nitrogens with one attached hydrogen (secondary N) is 2. The number of thiophene rings is 1. The van der Waals surface area contributed by atoms with Gasteiger partial charge in [0.25, 0.3) is 0 Å². The Morgan fingerprint density at radius 3 is 2.90 bits per heavy atom. The van der Waals surface area contributed by atoms with Crippen molar-refractivity contribution in [3.05, 3.63) is 16.3 Å². The predicted octanol–water partition coefficient (Wildman–Crippen LogP) is 1.37. The van der Waals surface area contributed by atoms with Gasteiger partial charge in [0.2, 0.25) is 10.0 Å². The summed E-state index contributed by atoms with van der Waals surface area (Å²) in [7, 11) is -3.40. The van der Waals surface area contributed by atoms with Crippen LogP contribution >= 0.6 is 11.3 Å². The minimum Gasteiger partial charge on any atom is -0.312 e. The van der Waals surface area contributed by atoms with E-state index < -0.39 is 10.0 Å². The number of hydrogen-bond acceptors (Lipinski definition) is 5.